The molecule has 4 N–H and O–H groups in total. The van der Waals surface area contributed by atoms with Gasteiger partial charge in [-0.1, -0.05) is 0 Å². The summed E-state index contributed by atoms with van der Waals surface area (Å²) in [6.45, 7) is 0. The summed E-state index contributed by atoms with van der Waals surface area (Å²) in [7, 11) is -4.62. The first-order chi connectivity index (χ1) is 7.71. The number of nitrogens with one attached hydrogen (secondary N) is 1. The lowest BCUT2D eigenvalue weighted by Crippen LogP contribution is -2.20. The first-order valence-corrected chi connectivity index (χ1v) is 5.89. The Kier molecular flexibility index (Phi) is 3.60. The summed E-state index contributed by atoms with van der Waals surface area (Å²) in [5.41, 5.74) is 4.53. The summed E-state index contributed by atoms with van der Waals surface area (Å²) < 4.78 is 31.0. The molecule has 1 rings (SSSR count). The third kappa shape index (κ3) is 3.34. The van der Waals surface area contributed by atoms with E-state index in [4.69, 9.17) is 10.3 Å². The summed E-state index contributed by atoms with van der Waals surface area (Å²) in [5.74, 6) is 0. The van der Waals surface area contributed by atoms with Gasteiger partial charge in [-0.3, -0.25) is 14.7 Å². The van der Waals surface area contributed by atoms with Gasteiger partial charge in [0.25, 0.3) is 15.8 Å². The molecule has 1 aromatic rings. The van der Waals surface area contributed by atoms with Gasteiger partial charge < -0.3 is 11.1 Å². The fraction of sp³-hybridized carbons (Fsp3) is 0. The largest absolute Gasteiger partial charge is 0.376 e. The van der Waals surface area contributed by atoms with Gasteiger partial charge in [-0.05, 0) is 18.3 Å². The summed E-state index contributed by atoms with van der Waals surface area (Å²) in [6, 6.07) is 2.84. The molecule has 0 radical (unpaired) electrons. The van der Waals surface area contributed by atoms with Crippen LogP contribution in [-0.2, 0) is 10.1 Å². The molecule has 0 aromatic heterocycles. The normalized spacial score (nSPS) is 10.9. The van der Waals surface area contributed by atoms with E-state index in [0.29, 0.717) is 6.07 Å². The number of nitrogens with two attached hydrogens (primary N) is 1. The minimum atomic E-state index is -4.62. The summed E-state index contributed by atoms with van der Waals surface area (Å²) >= 11 is 4.50. The van der Waals surface area contributed by atoms with Crippen molar-refractivity contribution in [1.29, 1.82) is 0 Å². The van der Waals surface area contributed by atoms with Crippen LogP contribution in [0.1, 0.15) is 0 Å². The lowest BCUT2D eigenvalue weighted by atomic mass is 10.3. The molecule has 10 heteroatoms. The van der Waals surface area contributed by atoms with Crippen molar-refractivity contribution in [3.05, 3.63) is 28.3 Å². The second kappa shape index (κ2) is 4.61. The number of hydrogen-bond donors (Lipinski definition) is 3. The predicted molar refractivity (Wildman–Crippen MR) is 63.3 cm³/mol. The highest BCUT2D eigenvalue weighted by Crippen LogP contribution is 2.26. The molecule has 8 nitrogen and oxygen atoms in total. The Labute approximate surface area is 101 Å². The van der Waals surface area contributed by atoms with Crippen LogP contribution in [0.3, 0.4) is 0 Å². The molecule has 92 valence electrons. The van der Waals surface area contributed by atoms with Gasteiger partial charge in [-0.25, -0.2) is 0 Å². The number of anilines is 1. The van der Waals surface area contributed by atoms with Gasteiger partial charge >= 0.3 is 0 Å². The Morgan fingerprint density at radius 3 is 2.53 bits per heavy atom. The standard InChI is InChI=1S/C7H7N3O5S2/c8-7(16)9-5-2-1-4(10(11)12)3-6(5)17(13,14)15/h1-3H,(H3,8,9,16)(H,13,14,15). The van der Waals surface area contributed by atoms with E-state index < -0.39 is 25.6 Å². The molecule has 0 heterocycles. The monoisotopic (exact) mass is 277 g/mol. The average molecular weight is 277 g/mol. The van der Waals surface area contributed by atoms with E-state index in [0.717, 1.165) is 12.1 Å². The number of rotatable bonds is 3. The van der Waals surface area contributed by atoms with E-state index in [9.17, 15) is 18.5 Å². The van der Waals surface area contributed by atoms with Crippen molar-refractivity contribution in [2.45, 2.75) is 4.90 Å². The number of benzene rings is 1. The van der Waals surface area contributed by atoms with Crippen molar-refractivity contribution in [2.24, 2.45) is 5.73 Å². The Bertz CT molecular complexity index is 583. The Morgan fingerprint density at radius 2 is 2.12 bits per heavy atom. The summed E-state index contributed by atoms with van der Waals surface area (Å²) in [4.78, 5) is 9.01. The maximum atomic E-state index is 11.0. The third-order valence-electron chi connectivity index (χ3n) is 1.71. The highest BCUT2D eigenvalue weighted by Gasteiger charge is 2.20. The van der Waals surface area contributed by atoms with Crippen LogP contribution in [-0.4, -0.2) is 23.0 Å². The van der Waals surface area contributed by atoms with Gasteiger partial charge in [-0.15, -0.1) is 0 Å². The van der Waals surface area contributed by atoms with Gasteiger partial charge in [0.15, 0.2) is 5.11 Å². The molecule has 0 bridgehead atoms. The summed E-state index contributed by atoms with van der Waals surface area (Å²) in [6.07, 6.45) is 0. The molecule has 1 aromatic carbocycles. The fourth-order valence-corrected chi connectivity index (χ4v) is 1.85. The molecule has 17 heavy (non-hydrogen) atoms. The van der Waals surface area contributed by atoms with Crippen molar-refractivity contribution in [3.8, 4) is 0 Å². The minimum absolute atomic E-state index is 0.134. The maximum Gasteiger partial charge on any atom is 0.296 e. The second-order valence-corrected chi connectivity index (χ2v) is 4.73. The number of nitro groups is 1. The maximum absolute atomic E-state index is 11.0. The van der Waals surface area contributed by atoms with E-state index in [1.807, 2.05) is 0 Å². The van der Waals surface area contributed by atoms with Crippen LogP contribution >= 0.6 is 12.2 Å². The Hall–Kier alpha value is -1.78. The predicted octanol–water partition coefficient (Wildman–Crippen LogP) is 0.497. The van der Waals surface area contributed by atoms with E-state index in [1.54, 1.807) is 0 Å². The van der Waals surface area contributed by atoms with Crippen LogP contribution < -0.4 is 11.1 Å². The molecule has 0 aliphatic carbocycles. The quantitative estimate of drug-likeness (QED) is 0.314. The van der Waals surface area contributed by atoms with Crippen LogP contribution in [0.2, 0.25) is 0 Å². The second-order valence-electron chi connectivity index (χ2n) is 2.90. The lowest BCUT2D eigenvalue weighted by molar-refractivity contribution is -0.385. The van der Waals surface area contributed by atoms with Crippen LogP contribution in [0, 0.1) is 10.1 Å². The van der Waals surface area contributed by atoms with Gasteiger partial charge in [0.05, 0.1) is 10.6 Å². The van der Waals surface area contributed by atoms with Crippen molar-refractivity contribution < 1.29 is 17.9 Å². The molecule has 0 unspecified atom stereocenters. The number of thiocarbonyl (C=S) groups is 1. The average Bonchev–Trinajstić information content (AvgIpc) is 2.15. The van der Waals surface area contributed by atoms with Gasteiger partial charge in [0.2, 0.25) is 0 Å². The lowest BCUT2D eigenvalue weighted by Gasteiger charge is -2.07. The summed E-state index contributed by atoms with van der Waals surface area (Å²) in [5, 5.41) is 12.5. The van der Waals surface area contributed by atoms with Crippen LogP contribution in [0.4, 0.5) is 11.4 Å². The van der Waals surface area contributed by atoms with Crippen molar-refractivity contribution >= 4 is 38.8 Å². The SMILES string of the molecule is NC(=S)Nc1ccc([N+](=O)[O-])cc1S(=O)(=O)O. The molecular weight excluding hydrogens is 270 g/mol. The van der Waals surface area contributed by atoms with Gasteiger partial charge in [-0.2, -0.15) is 8.42 Å². The van der Waals surface area contributed by atoms with Crippen LogP contribution in [0.25, 0.3) is 0 Å². The van der Waals surface area contributed by atoms with Crippen molar-refractivity contribution in [1.82, 2.24) is 0 Å². The molecule has 0 fully saturated rings. The number of nitro benzene ring substituents is 1. The van der Waals surface area contributed by atoms with Gasteiger partial charge in [0, 0.05) is 12.1 Å². The van der Waals surface area contributed by atoms with Crippen LogP contribution in [0.15, 0.2) is 23.1 Å². The molecule has 0 atom stereocenters. The third-order valence-corrected chi connectivity index (χ3v) is 2.71. The topological polar surface area (TPSA) is 136 Å². The molecular formula is C7H7N3O5S2. The van der Waals surface area contributed by atoms with Gasteiger partial charge in [0.1, 0.15) is 4.90 Å². The Balaban J connectivity index is 3.42. The zero-order chi connectivity index (χ0) is 13.2. The van der Waals surface area contributed by atoms with E-state index in [-0.39, 0.29) is 10.8 Å². The molecule has 0 saturated heterocycles. The van der Waals surface area contributed by atoms with Crippen molar-refractivity contribution in [2.75, 3.05) is 5.32 Å². The zero-order valence-electron chi connectivity index (χ0n) is 8.15. The van der Waals surface area contributed by atoms with E-state index >= 15 is 0 Å². The first kappa shape index (κ1) is 13.3. The molecule has 0 aliphatic rings. The molecule has 0 amide bonds. The number of hydrogen-bond acceptors (Lipinski definition) is 5. The fourth-order valence-electron chi connectivity index (χ4n) is 1.07. The van der Waals surface area contributed by atoms with Crippen LogP contribution in [0.5, 0.6) is 0 Å². The van der Waals surface area contributed by atoms with E-state index in [1.165, 1.54) is 0 Å². The smallest absolute Gasteiger partial charge is 0.296 e. The van der Waals surface area contributed by atoms with E-state index in [2.05, 4.69) is 17.5 Å². The highest BCUT2D eigenvalue weighted by molar-refractivity contribution is 7.86. The Morgan fingerprint density at radius 1 is 1.53 bits per heavy atom. The highest BCUT2D eigenvalue weighted by atomic mass is 32.2. The first-order valence-electron chi connectivity index (χ1n) is 4.04. The molecule has 0 aliphatic heterocycles. The number of non-ortho nitro benzene ring substituents is 1. The van der Waals surface area contributed by atoms with Crippen molar-refractivity contribution in [3.63, 3.8) is 0 Å². The molecule has 0 spiro atoms. The zero-order valence-corrected chi connectivity index (χ0v) is 9.79. The number of nitrogens with zero attached hydrogens (tertiary/aromatic N) is 1. The minimum Gasteiger partial charge on any atom is -0.376 e. The molecule has 0 saturated carbocycles.